The molecule has 0 spiro atoms. The molecule has 1 rings (SSSR count). The Bertz CT molecular complexity index is 375. The topological polar surface area (TPSA) is 40.9 Å². The molecule has 0 aromatic heterocycles. The molecule has 0 aliphatic rings. The van der Waals surface area contributed by atoms with Crippen molar-refractivity contribution >= 4 is 11.5 Å². The zero-order chi connectivity index (χ0) is 13.3. The van der Waals surface area contributed by atoms with E-state index in [0.717, 1.165) is 6.42 Å². The van der Waals surface area contributed by atoms with Gasteiger partial charge >= 0.3 is 0 Å². The van der Waals surface area contributed by atoms with E-state index in [-0.39, 0.29) is 5.78 Å². The summed E-state index contributed by atoms with van der Waals surface area (Å²) in [5, 5.41) is 7.09. The number of carbonyl (C=O) groups is 1. The zero-order valence-electron chi connectivity index (χ0n) is 11.1. The summed E-state index contributed by atoms with van der Waals surface area (Å²) in [4.78, 5) is 10.6. The van der Waals surface area contributed by atoms with Crippen LogP contribution in [0.25, 0.3) is 0 Å². The largest absolute Gasteiger partial charge is 0.305 e. The van der Waals surface area contributed by atoms with Gasteiger partial charge in [-0.25, -0.2) is 0 Å². The molecule has 0 amide bonds. The van der Waals surface area contributed by atoms with Gasteiger partial charge in [-0.3, -0.25) is 4.79 Å². The fraction of sp³-hybridized carbons (Fsp3) is 0.333. The van der Waals surface area contributed by atoms with Crippen molar-refractivity contribution in [3.8, 4) is 0 Å². The highest BCUT2D eigenvalue weighted by atomic mass is 16.1. The van der Waals surface area contributed by atoms with Crippen molar-refractivity contribution in [1.82, 2.24) is 0 Å². The van der Waals surface area contributed by atoms with Crippen LogP contribution in [0, 0.1) is 5.41 Å². The van der Waals surface area contributed by atoms with E-state index in [2.05, 4.69) is 31.2 Å². The minimum absolute atomic E-state index is 0.0370. The number of hydrogen-bond donors (Lipinski definition) is 1. The molecular formula is C15H21NO. The Hall–Kier alpha value is -1.70. The molecule has 1 aromatic rings. The highest BCUT2D eigenvalue weighted by Crippen LogP contribution is 1.97. The predicted octanol–water partition coefficient (Wildman–Crippen LogP) is 3.81. The van der Waals surface area contributed by atoms with Crippen LogP contribution in [-0.4, -0.2) is 11.5 Å². The number of benzene rings is 1. The van der Waals surface area contributed by atoms with Crippen molar-refractivity contribution in [2.24, 2.45) is 0 Å². The number of rotatable bonds is 3. The van der Waals surface area contributed by atoms with E-state index in [1.54, 1.807) is 19.9 Å². The van der Waals surface area contributed by atoms with Crippen LogP contribution in [0.4, 0.5) is 0 Å². The van der Waals surface area contributed by atoms with Gasteiger partial charge in [-0.2, -0.15) is 0 Å². The zero-order valence-corrected chi connectivity index (χ0v) is 11.1. The normalized spacial score (nSPS) is 10.2. The minimum atomic E-state index is -0.0370. The van der Waals surface area contributed by atoms with Crippen LogP contribution >= 0.6 is 0 Å². The Kier molecular flexibility index (Phi) is 7.61. The summed E-state index contributed by atoms with van der Waals surface area (Å²) in [6.45, 7) is 6.99. The SMILES string of the molecule is C/C=C(\C(C)=N)C(C)=O.CCc1ccccc1. The van der Waals surface area contributed by atoms with Crippen LogP contribution in [-0.2, 0) is 11.2 Å². The lowest BCUT2D eigenvalue weighted by Crippen LogP contribution is -2.04. The molecular weight excluding hydrogens is 210 g/mol. The minimum Gasteiger partial charge on any atom is -0.305 e. The van der Waals surface area contributed by atoms with Gasteiger partial charge in [0.15, 0.2) is 5.78 Å². The maximum atomic E-state index is 10.6. The van der Waals surface area contributed by atoms with E-state index < -0.39 is 0 Å². The van der Waals surface area contributed by atoms with Crippen molar-refractivity contribution in [2.75, 3.05) is 0 Å². The van der Waals surface area contributed by atoms with Gasteiger partial charge in [0.2, 0.25) is 0 Å². The van der Waals surface area contributed by atoms with Crippen LogP contribution in [0.3, 0.4) is 0 Å². The highest BCUT2D eigenvalue weighted by molar-refractivity contribution is 6.19. The molecule has 0 aliphatic heterocycles. The van der Waals surface area contributed by atoms with Crippen molar-refractivity contribution in [3.05, 3.63) is 47.5 Å². The highest BCUT2D eigenvalue weighted by Gasteiger charge is 2.02. The van der Waals surface area contributed by atoms with Gasteiger partial charge in [0.25, 0.3) is 0 Å². The predicted molar refractivity (Wildman–Crippen MR) is 73.7 cm³/mol. The van der Waals surface area contributed by atoms with E-state index >= 15 is 0 Å². The van der Waals surface area contributed by atoms with Crippen molar-refractivity contribution < 1.29 is 4.79 Å². The van der Waals surface area contributed by atoms with Gasteiger partial charge in [-0.05, 0) is 32.8 Å². The van der Waals surface area contributed by atoms with Crippen molar-refractivity contribution in [1.29, 1.82) is 5.41 Å². The summed E-state index contributed by atoms with van der Waals surface area (Å²) in [5.74, 6) is -0.0370. The van der Waals surface area contributed by atoms with Crippen LogP contribution in [0.1, 0.15) is 33.3 Å². The molecule has 92 valence electrons. The average Bonchev–Trinajstić information content (AvgIpc) is 2.31. The van der Waals surface area contributed by atoms with E-state index in [1.165, 1.54) is 12.5 Å². The van der Waals surface area contributed by atoms with Crippen LogP contribution in [0.5, 0.6) is 0 Å². The second-order valence-electron chi connectivity index (χ2n) is 3.72. The first-order chi connectivity index (χ1) is 8.02. The fourth-order valence-corrected chi connectivity index (χ4v) is 1.40. The quantitative estimate of drug-likeness (QED) is 0.623. The van der Waals surface area contributed by atoms with Gasteiger partial charge in [0.05, 0.1) is 0 Å². The number of carbonyl (C=O) groups excluding carboxylic acids is 1. The molecule has 0 fully saturated rings. The number of ketones is 1. The van der Waals surface area contributed by atoms with E-state index in [4.69, 9.17) is 5.41 Å². The first kappa shape index (κ1) is 15.3. The molecule has 2 heteroatoms. The lowest BCUT2D eigenvalue weighted by Gasteiger charge is -1.95. The van der Waals surface area contributed by atoms with E-state index in [9.17, 15) is 4.79 Å². The Balaban J connectivity index is 0.000000302. The van der Waals surface area contributed by atoms with Crippen molar-refractivity contribution in [2.45, 2.75) is 34.1 Å². The molecule has 17 heavy (non-hydrogen) atoms. The number of hydrogen-bond acceptors (Lipinski definition) is 2. The maximum absolute atomic E-state index is 10.6. The van der Waals surface area contributed by atoms with Crippen LogP contribution in [0.15, 0.2) is 42.0 Å². The standard InChI is InChI=1S/C8H10.C7H11NO/c1-2-8-6-4-3-5-7-8;1-4-7(5(2)8)6(3)9/h3-7H,2H2,1H3;4,8H,1-3H3/b;7-4+,8-5?. The number of aryl methyl sites for hydroxylation is 1. The smallest absolute Gasteiger partial charge is 0.161 e. The number of Topliss-reactive ketones (excluding diaryl/α,β-unsaturated/α-hetero) is 1. The molecule has 0 unspecified atom stereocenters. The first-order valence-corrected chi connectivity index (χ1v) is 5.79. The Labute approximate surface area is 104 Å². The lowest BCUT2D eigenvalue weighted by molar-refractivity contribution is -0.113. The lowest BCUT2D eigenvalue weighted by atomic mass is 10.1. The summed E-state index contributed by atoms with van der Waals surface area (Å²) >= 11 is 0. The fourth-order valence-electron chi connectivity index (χ4n) is 1.40. The van der Waals surface area contributed by atoms with E-state index in [0.29, 0.717) is 11.3 Å². The summed E-state index contributed by atoms with van der Waals surface area (Å²) in [6.07, 6.45) is 2.80. The summed E-state index contributed by atoms with van der Waals surface area (Å²) in [6, 6.07) is 10.5. The Morgan fingerprint density at radius 1 is 1.24 bits per heavy atom. The second-order valence-corrected chi connectivity index (χ2v) is 3.72. The van der Waals surface area contributed by atoms with Gasteiger partial charge in [0.1, 0.15) is 0 Å². The molecule has 2 nitrogen and oxygen atoms in total. The molecule has 1 aromatic carbocycles. The van der Waals surface area contributed by atoms with E-state index in [1.807, 2.05) is 6.07 Å². The molecule has 1 N–H and O–H groups in total. The molecule has 0 saturated heterocycles. The average molecular weight is 231 g/mol. The summed E-state index contributed by atoms with van der Waals surface area (Å²) < 4.78 is 0. The Morgan fingerprint density at radius 3 is 1.94 bits per heavy atom. The number of allylic oxidation sites excluding steroid dienone is 2. The molecule has 0 radical (unpaired) electrons. The Morgan fingerprint density at radius 2 is 1.76 bits per heavy atom. The summed E-state index contributed by atoms with van der Waals surface area (Å²) in [7, 11) is 0. The van der Waals surface area contributed by atoms with Crippen molar-refractivity contribution in [3.63, 3.8) is 0 Å². The first-order valence-electron chi connectivity index (χ1n) is 5.79. The summed E-state index contributed by atoms with van der Waals surface area (Å²) in [5.41, 5.74) is 2.26. The van der Waals surface area contributed by atoms with Gasteiger partial charge in [-0.1, -0.05) is 43.3 Å². The van der Waals surface area contributed by atoms with Crippen LogP contribution < -0.4 is 0 Å². The second kappa shape index (κ2) is 8.45. The third-order valence-corrected chi connectivity index (χ3v) is 2.32. The van der Waals surface area contributed by atoms with Gasteiger partial charge in [0, 0.05) is 11.3 Å². The molecule has 0 atom stereocenters. The van der Waals surface area contributed by atoms with Gasteiger partial charge < -0.3 is 5.41 Å². The van der Waals surface area contributed by atoms with Crippen LogP contribution in [0.2, 0.25) is 0 Å². The third-order valence-electron chi connectivity index (χ3n) is 2.32. The third kappa shape index (κ3) is 6.46. The van der Waals surface area contributed by atoms with Gasteiger partial charge in [-0.15, -0.1) is 0 Å². The maximum Gasteiger partial charge on any atom is 0.161 e. The molecule has 0 heterocycles. The molecule has 0 aliphatic carbocycles. The monoisotopic (exact) mass is 231 g/mol. The molecule has 0 bridgehead atoms. The number of nitrogens with one attached hydrogen (secondary N) is 1. The molecule has 0 saturated carbocycles.